The number of carbonyl (C=O) groups excluding carboxylic acids is 2. The van der Waals surface area contributed by atoms with E-state index in [4.69, 9.17) is 11.6 Å². The molecule has 0 saturated carbocycles. The molecule has 5 heteroatoms. The SMILES string of the molecule is Cc1cc(NC(=O)[C@H]2CC=CC3CCN(Cc4ccccc4)C(=O)C32)ccc1Cl. The highest BCUT2D eigenvalue weighted by Crippen LogP contribution is 2.38. The number of piperidine rings is 1. The van der Waals surface area contributed by atoms with Crippen molar-refractivity contribution in [1.82, 2.24) is 4.90 Å². The van der Waals surface area contributed by atoms with Gasteiger partial charge in [-0.05, 0) is 55.0 Å². The van der Waals surface area contributed by atoms with E-state index in [1.54, 1.807) is 12.1 Å². The molecule has 4 nitrogen and oxygen atoms in total. The Balaban J connectivity index is 1.51. The Kier molecular flexibility index (Phi) is 5.72. The summed E-state index contributed by atoms with van der Waals surface area (Å²) in [6, 6.07) is 15.5. The highest BCUT2D eigenvalue weighted by atomic mass is 35.5. The quantitative estimate of drug-likeness (QED) is 0.737. The third kappa shape index (κ3) is 4.23. The van der Waals surface area contributed by atoms with E-state index in [0.29, 0.717) is 23.7 Å². The summed E-state index contributed by atoms with van der Waals surface area (Å²) in [5.74, 6) is -0.535. The molecule has 1 saturated heterocycles. The van der Waals surface area contributed by atoms with Crippen molar-refractivity contribution in [3.8, 4) is 0 Å². The topological polar surface area (TPSA) is 49.4 Å². The minimum absolute atomic E-state index is 0.0851. The molecule has 1 aliphatic carbocycles. The van der Waals surface area contributed by atoms with Crippen LogP contribution in [0.25, 0.3) is 0 Å². The van der Waals surface area contributed by atoms with Gasteiger partial charge in [0.15, 0.2) is 0 Å². The average Bonchev–Trinajstić information content (AvgIpc) is 2.73. The number of carbonyl (C=O) groups is 2. The summed E-state index contributed by atoms with van der Waals surface area (Å²) in [6.45, 7) is 3.23. The lowest BCUT2D eigenvalue weighted by Crippen LogP contribution is -2.50. The lowest BCUT2D eigenvalue weighted by molar-refractivity contribution is -0.147. The van der Waals surface area contributed by atoms with Gasteiger partial charge in [0, 0.05) is 23.8 Å². The lowest BCUT2D eigenvalue weighted by atomic mass is 9.71. The monoisotopic (exact) mass is 408 g/mol. The van der Waals surface area contributed by atoms with Crippen molar-refractivity contribution in [3.63, 3.8) is 0 Å². The number of nitrogens with one attached hydrogen (secondary N) is 1. The van der Waals surface area contributed by atoms with Gasteiger partial charge in [-0.1, -0.05) is 54.1 Å². The Hall–Kier alpha value is -2.59. The van der Waals surface area contributed by atoms with Crippen molar-refractivity contribution in [3.05, 3.63) is 76.8 Å². The molecule has 2 aromatic rings. The summed E-state index contributed by atoms with van der Waals surface area (Å²) in [6.07, 6.45) is 5.66. The van der Waals surface area contributed by atoms with Gasteiger partial charge in [0.05, 0.1) is 11.8 Å². The first-order valence-electron chi connectivity index (χ1n) is 10.1. The molecule has 150 valence electrons. The van der Waals surface area contributed by atoms with Crippen LogP contribution in [0.4, 0.5) is 5.69 Å². The fourth-order valence-corrected chi connectivity index (χ4v) is 4.53. The highest BCUT2D eigenvalue weighted by Gasteiger charge is 2.44. The van der Waals surface area contributed by atoms with Crippen LogP contribution < -0.4 is 5.32 Å². The van der Waals surface area contributed by atoms with Gasteiger partial charge in [0.1, 0.15) is 0 Å². The number of allylic oxidation sites excluding steroid dienone is 2. The maximum Gasteiger partial charge on any atom is 0.228 e. The normalized spacial score (nSPS) is 23.6. The Labute approximate surface area is 176 Å². The number of hydrogen-bond acceptors (Lipinski definition) is 2. The summed E-state index contributed by atoms with van der Waals surface area (Å²) in [5.41, 5.74) is 2.74. The molecule has 2 aromatic carbocycles. The van der Waals surface area contributed by atoms with Crippen LogP contribution in [-0.2, 0) is 16.1 Å². The van der Waals surface area contributed by atoms with Gasteiger partial charge in [-0.2, -0.15) is 0 Å². The molecule has 1 N–H and O–H groups in total. The maximum atomic E-state index is 13.3. The van der Waals surface area contributed by atoms with Crippen molar-refractivity contribution >= 4 is 29.1 Å². The molecule has 0 spiro atoms. The molecule has 1 fully saturated rings. The van der Waals surface area contributed by atoms with Crippen LogP contribution in [-0.4, -0.2) is 23.3 Å². The second kappa shape index (κ2) is 8.42. The lowest BCUT2D eigenvalue weighted by Gasteiger charge is -2.41. The third-order valence-electron chi connectivity index (χ3n) is 5.98. The predicted octanol–water partition coefficient (Wildman–Crippen LogP) is 4.83. The molecule has 1 heterocycles. The van der Waals surface area contributed by atoms with E-state index in [1.165, 1.54) is 0 Å². The van der Waals surface area contributed by atoms with Crippen molar-refractivity contribution < 1.29 is 9.59 Å². The van der Waals surface area contributed by atoms with Crippen LogP contribution in [0.2, 0.25) is 5.02 Å². The maximum absolute atomic E-state index is 13.3. The number of benzene rings is 2. The number of halogens is 1. The first kappa shape index (κ1) is 19.7. The summed E-state index contributed by atoms with van der Waals surface area (Å²) < 4.78 is 0. The molecular formula is C24H25ClN2O2. The van der Waals surface area contributed by atoms with Crippen LogP contribution in [0.5, 0.6) is 0 Å². The Morgan fingerprint density at radius 1 is 1.21 bits per heavy atom. The van der Waals surface area contributed by atoms with Crippen LogP contribution in [0.15, 0.2) is 60.7 Å². The van der Waals surface area contributed by atoms with E-state index in [-0.39, 0.29) is 29.6 Å². The van der Waals surface area contributed by atoms with E-state index < -0.39 is 0 Å². The number of likely N-dealkylation sites (tertiary alicyclic amines) is 1. The van der Waals surface area contributed by atoms with Gasteiger partial charge in [0.2, 0.25) is 11.8 Å². The van der Waals surface area contributed by atoms with Gasteiger partial charge in [-0.3, -0.25) is 9.59 Å². The fraction of sp³-hybridized carbons (Fsp3) is 0.333. The van der Waals surface area contributed by atoms with E-state index >= 15 is 0 Å². The number of aryl methyl sites for hydroxylation is 1. The van der Waals surface area contributed by atoms with Gasteiger partial charge in [-0.25, -0.2) is 0 Å². The predicted molar refractivity (Wildman–Crippen MR) is 116 cm³/mol. The largest absolute Gasteiger partial charge is 0.338 e. The van der Waals surface area contributed by atoms with E-state index in [9.17, 15) is 9.59 Å². The standard InChI is InChI=1S/C24H25ClN2O2/c1-16-14-19(10-11-21(16)25)26-23(28)20-9-5-8-18-12-13-27(24(29)22(18)20)15-17-6-3-2-4-7-17/h2-8,10-11,14,18,20,22H,9,12-13,15H2,1H3,(H,26,28)/t18?,20-,22?/m0/s1. The molecular weight excluding hydrogens is 384 g/mol. The zero-order valence-corrected chi connectivity index (χ0v) is 17.2. The summed E-state index contributed by atoms with van der Waals surface area (Å²) in [4.78, 5) is 28.3. The minimum atomic E-state index is -0.355. The van der Waals surface area contributed by atoms with E-state index in [1.807, 2.05) is 48.2 Å². The molecule has 3 atom stereocenters. The number of rotatable bonds is 4. The Morgan fingerprint density at radius 3 is 2.76 bits per heavy atom. The third-order valence-corrected chi connectivity index (χ3v) is 6.40. The first-order valence-corrected chi connectivity index (χ1v) is 10.5. The molecule has 0 aromatic heterocycles. The van der Waals surface area contributed by atoms with Crippen LogP contribution >= 0.6 is 11.6 Å². The highest BCUT2D eigenvalue weighted by molar-refractivity contribution is 6.31. The number of amides is 2. The molecule has 2 unspecified atom stereocenters. The first-order chi connectivity index (χ1) is 14.0. The molecule has 2 amide bonds. The van der Waals surface area contributed by atoms with Crippen molar-refractivity contribution in [2.24, 2.45) is 17.8 Å². The average molecular weight is 409 g/mol. The zero-order chi connectivity index (χ0) is 20.4. The Morgan fingerprint density at radius 2 is 2.00 bits per heavy atom. The van der Waals surface area contributed by atoms with Gasteiger partial charge in [0.25, 0.3) is 0 Å². The van der Waals surface area contributed by atoms with Crippen molar-refractivity contribution in [2.45, 2.75) is 26.3 Å². The summed E-state index contributed by atoms with van der Waals surface area (Å²) >= 11 is 6.09. The Bertz CT molecular complexity index is 941. The van der Waals surface area contributed by atoms with Gasteiger partial charge in [-0.15, -0.1) is 0 Å². The van der Waals surface area contributed by atoms with Crippen LogP contribution in [0, 0.1) is 24.7 Å². The van der Waals surface area contributed by atoms with Gasteiger partial charge < -0.3 is 10.2 Å². The number of hydrogen-bond donors (Lipinski definition) is 1. The minimum Gasteiger partial charge on any atom is -0.338 e. The molecule has 29 heavy (non-hydrogen) atoms. The zero-order valence-electron chi connectivity index (χ0n) is 16.5. The molecule has 1 aliphatic heterocycles. The molecule has 4 rings (SSSR count). The number of anilines is 1. The molecule has 2 aliphatic rings. The molecule has 0 bridgehead atoms. The second-order valence-electron chi connectivity index (χ2n) is 7.95. The van der Waals surface area contributed by atoms with Gasteiger partial charge >= 0.3 is 0 Å². The van der Waals surface area contributed by atoms with Crippen molar-refractivity contribution in [2.75, 3.05) is 11.9 Å². The van der Waals surface area contributed by atoms with E-state index in [0.717, 1.165) is 24.1 Å². The number of nitrogens with zero attached hydrogens (tertiary/aromatic N) is 1. The van der Waals surface area contributed by atoms with Crippen LogP contribution in [0.1, 0.15) is 24.0 Å². The fourth-order valence-electron chi connectivity index (χ4n) is 4.41. The van der Waals surface area contributed by atoms with Crippen molar-refractivity contribution in [1.29, 1.82) is 0 Å². The number of fused-ring (bicyclic) bond motifs is 1. The van der Waals surface area contributed by atoms with Crippen LogP contribution in [0.3, 0.4) is 0 Å². The summed E-state index contributed by atoms with van der Waals surface area (Å²) in [7, 11) is 0. The molecule has 0 radical (unpaired) electrons. The van der Waals surface area contributed by atoms with E-state index in [2.05, 4.69) is 17.5 Å². The second-order valence-corrected chi connectivity index (χ2v) is 8.35. The smallest absolute Gasteiger partial charge is 0.228 e. The summed E-state index contributed by atoms with van der Waals surface area (Å²) in [5, 5.41) is 3.66.